The van der Waals surface area contributed by atoms with Gasteiger partial charge in [-0.05, 0) is 92.0 Å². The minimum absolute atomic E-state index is 0.198. The van der Waals surface area contributed by atoms with Crippen LogP contribution < -0.4 is 16.3 Å². The number of nitrogens with one attached hydrogen (secondary N) is 2. The number of nitrogens with zero attached hydrogens (tertiary/aromatic N) is 7. The van der Waals surface area contributed by atoms with Gasteiger partial charge in [0.05, 0.1) is 37.0 Å². The minimum atomic E-state index is -0.692. The van der Waals surface area contributed by atoms with Crippen molar-refractivity contribution in [1.82, 2.24) is 38.8 Å². The van der Waals surface area contributed by atoms with E-state index in [-0.39, 0.29) is 35.2 Å². The summed E-state index contributed by atoms with van der Waals surface area (Å²) in [5.74, 6) is -0.824. The molecule has 3 aromatic carbocycles. The number of anilines is 2. The molecular formula is C49H57ClFN9O6. The average molecular weight is 923 g/mol. The van der Waals surface area contributed by atoms with Crippen molar-refractivity contribution in [2.45, 2.75) is 76.1 Å². The van der Waals surface area contributed by atoms with Gasteiger partial charge in [0.1, 0.15) is 17.5 Å². The van der Waals surface area contributed by atoms with E-state index in [0.717, 1.165) is 111 Å². The molecule has 1 atom stereocenters. The van der Waals surface area contributed by atoms with Crippen LogP contribution in [-0.2, 0) is 39.1 Å². The van der Waals surface area contributed by atoms with E-state index >= 15 is 0 Å². The van der Waals surface area contributed by atoms with Gasteiger partial charge in [0.2, 0.25) is 17.8 Å². The summed E-state index contributed by atoms with van der Waals surface area (Å²) in [6.45, 7) is 8.04. The van der Waals surface area contributed by atoms with E-state index < -0.39 is 17.8 Å². The van der Waals surface area contributed by atoms with Crippen LogP contribution >= 0.6 is 11.6 Å². The third-order valence-electron chi connectivity index (χ3n) is 13.2. The fourth-order valence-electron chi connectivity index (χ4n) is 9.60. The van der Waals surface area contributed by atoms with Gasteiger partial charge in [-0.25, -0.2) is 14.2 Å². The number of ether oxygens (including phenoxy) is 2. The summed E-state index contributed by atoms with van der Waals surface area (Å²) in [5, 5.41) is 16.9. The molecule has 3 fully saturated rings. The lowest BCUT2D eigenvalue weighted by molar-refractivity contribution is -0.135. The maximum absolute atomic E-state index is 14.1. The Morgan fingerprint density at radius 3 is 2.36 bits per heavy atom. The van der Waals surface area contributed by atoms with E-state index in [4.69, 9.17) is 26.1 Å². The fraction of sp³-hybridized carbons (Fsp3) is 0.449. The van der Waals surface area contributed by atoms with Crippen LogP contribution in [0.15, 0.2) is 77.9 Å². The molecule has 2 amide bonds. The molecule has 15 nitrogen and oxygen atoms in total. The molecule has 3 aliphatic rings. The number of fused-ring (bicyclic) bond motifs is 2. The van der Waals surface area contributed by atoms with Crippen LogP contribution in [-0.4, -0.2) is 116 Å². The lowest BCUT2D eigenvalue weighted by Gasteiger charge is -2.34. The Bertz CT molecular complexity index is 2720. The van der Waals surface area contributed by atoms with Crippen LogP contribution in [0.5, 0.6) is 0 Å². The first-order chi connectivity index (χ1) is 32.1. The zero-order chi connectivity index (χ0) is 45.7. The highest BCUT2D eigenvalue weighted by atomic mass is 35.5. The first-order valence-corrected chi connectivity index (χ1v) is 23.5. The maximum atomic E-state index is 14.1. The first kappa shape index (κ1) is 45.7. The van der Waals surface area contributed by atoms with Gasteiger partial charge >= 0.3 is 5.69 Å². The van der Waals surface area contributed by atoms with Crippen molar-refractivity contribution in [2.75, 3.05) is 64.5 Å². The van der Waals surface area contributed by atoms with Gasteiger partial charge in [-0.1, -0.05) is 41.9 Å². The van der Waals surface area contributed by atoms with E-state index in [9.17, 15) is 23.9 Å². The molecule has 66 heavy (non-hydrogen) atoms. The molecule has 9 rings (SSSR count). The third-order valence-corrected chi connectivity index (χ3v) is 13.5. The van der Waals surface area contributed by atoms with Gasteiger partial charge in [0.25, 0.3) is 0 Å². The number of hydrogen-bond acceptors (Lipinski definition) is 11. The molecule has 6 aromatic rings. The van der Waals surface area contributed by atoms with Gasteiger partial charge in [0, 0.05) is 99.4 Å². The summed E-state index contributed by atoms with van der Waals surface area (Å²) in [6, 6.07) is 18.4. The lowest BCUT2D eigenvalue weighted by atomic mass is 9.93. The van der Waals surface area contributed by atoms with Crippen LogP contribution in [0, 0.1) is 5.82 Å². The summed E-state index contributed by atoms with van der Waals surface area (Å²) in [4.78, 5) is 51.6. The summed E-state index contributed by atoms with van der Waals surface area (Å²) in [5.41, 5.74) is 6.93. The van der Waals surface area contributed by atoms with Crippen LogP contribution in [0.1, 0.15) is 68.2 Å². The molecular weight excluding hydrogens is 865 g/mol. The Hall–Kier alpha value is -5.49. The van der Waals surface area contributed by atoms with Crippen molar-refractivity contribution < 1.29 is 28.6 Å². The number of piperidine rings is 1. The van der Waals surface area contributed by atoms with Crippen molar-refractivity contribution in [1.29, 1.82) is 0 Å². The second-order valence-corrected chi connectivity index (χ2v) is 18.2. The van der Waals surface area contributed by atoms with Crippen molar-refractivity contribution >= 4 is 57.1 Å². The van der Waals surface area contributed by atoms with Gasteiger partial charge in [0.15, 0.2) is 0 Å². The molecule has 2 aliphatic heterocycles. The quantitative estimate of drug-likeness (QED) is 0.0675. The monoisotopic (exact) mass is 921 g/mol. The molecule has 3 N–H and O–H groups in total. The molecule has 2 saturated heterocycles. The van der Waals surface area contributed by atoms with E-state index in [1.165, 1.54) is 22.3 Å². The molecule has 0 radical (unpaired) electrons. The second-order valence-electron chi connectivity index (χ2n) is 17.8. The van der Waals surface area contributed by atoms with Gasteiger partial charge < -0.3 is 24.5 Å². The number of carbonyl (C=O) groups is 2. The lowest BCUT2D eigenvalue weighted by Crippen LogP contribution is -2.46. The highest BCUT2D eigenvalue weighted by Gasteiger charge is 2.31. The normalized spacial score (nSPS) is 19.8. The zero-order valence-electron chi connectivity index (χ0n) is 37.3. The SMILES string of the molecule is Cn1c(=O)n(C2CCC(=O)NC2=O)c2ccc(CCCOCCOCCN3CCN(Cc4ccc(-c5cn(C6CCC(O)CC6)c6nc(Nc7cc(F)cc(Cl)c7)ncc56)cc4)CC3)cc21. The number of piperazine rings is 1. The second kappa shape index (κ2) is 20.6. The molecule has 1 saturated carbocycles. The number of aliphatic hydroxyl groups excluding tert-OH is 1. The summed E-state index contributed by atoms with van der Waals surface area (Å²) in [6.07, 6.45) is 9.07. The number of halogens is 2. The number of aliphatic hydroxyl groups is 1. The Labute approximate surface area is 387 Å². The standard InChI is InChI=1S/C49H57ClFN9O6/c1-56-44-25-32(6-13-42(44)60(49(56)64)43-14-15-45(62)54-47(43)63)3-2-21-65-23-24-66-22-20-57-16-18-58(19-17-57)30-33-4-7-34(8-5-33)41-31-59(38-9-11-39(61)12-10-38)46-40(41)29-52-48(55-46)53-37-27-35(50)26-36(51)28-37/h4-8,13,25-29,31,38-39,43,61H,2-3,9-12,14-24,30H2,1H3,(H,52,53,55)(H,54,62,63). The molecule has 0 bridgehead atoms. The number of imide groups is 1. The molecule has 0 spiro atoms. The van der Waals surface area contributed by atoms with E-state index in [2.05, 4.69) is 60.4 Å². The average Bonchev–Trinajstić information content (AvgIpc) is 3.79. The van der Waals surface area contributed by atoms with Crippen LogP contribution in [0.4, 0.5) is 16.0 Å². The highest BCUT2D eigenvalue weighted by molar-refractivity contribution is 6.30. The smallest absolute Gasteiger partial charge is 0.329 e. The van der Waals surface area contributed by atoms with E-state index in [1.54, 1.807) is 17.7 Å². The predicted molar refractivity (Wildman–Crippen MR) is 251 cm³/mol. The van der Waals surface area contributed by atoms with E-state index in [0.29, 0.717) is 50.0 Å². The summed E-state index contributed by atoms with van der Waals surface area (Å²) in [7, 11) is 1.71. The number of aryl methyl sites for hydroxylation is 2. The fourth-order valence-corrected chi connectivity index (χ4v) is 9.82. The molecule has 1 aliphatic carbocycles. The number of rotatable bonds is 17. The largest absolute Gasteiger partial charge is 0.393 e. The molecule has 3 aromatic heterocycles. The van der Waals surface area contributed by atoms with Crippen molar-refractivity contribution in [3.05, 3.63) is 106 Å². The first-order valence-electron chi connectivity index (χ1n) is 23.1. The molecule has 348 valence electrons. The zero-order valence-corrected chi connectivity index (χ0v) is 38.0. The number of carbonyl (C=O) groups excluding carboxylic acids is 2. The molecule has 17 heteroatoms. The van der Waals surface area contributed by atoms with Crippen molar-refractivity contribution in [2.24, 2.45) is 7.05 Å². The van der Waals surface area contributed by atoms with Gasteiger partial charge in [-0.3, -0.25) is 33.8 Å². The molecule has 5 heterocycles. The van der Waals surface area contributed by atoms with Crippen LogP contribution in [0.2, 0.25) is 5.02 Å². The van der Waals surface area contributed by atoms with Gasteiger partial charge in [-0.15, -0.1) is 0 Å². The van der Waals surface area contributed by atoms with Gasteiger partial charge in [-0.2, -0.15) is 4.98 Å². The van der Waals surface area contributed by atoms with Crippen LogP contribution in [0.25, 0.3) is 33.2 Å². The summed E-state index contributed by atoms with van der Waals surface area (Å²) >= 11 is 6.10. The van der Waals surface area contributed by atoms with Crippen molar-refractivity contribution in [3.63, 3.8) is 0 Å². The Morgan fingerprint density at radius 2 is 1.61 bits per heavy atom. The maximum Gasteiger partial charge on any atom is 0.329 e. The number of amides is 2. The minimum Gasteiger partial charge on any atom is -0.393 e. The topological polar surface area (TPSA) is 161 Å². The number of imidazole rings is 1. The summed E-state index contributed by atoms with van der Waals surface area (Å²) < 4.78 is 31.1. The third kappa shape index (κ3) is 10.5. The number of hydrogen-bond donors (Lipinski definition) is 3. The Kier molecular flexibility index (Phi) is 14.2. The Balaban J connectivity index is 0.696. The van der Waals surface area contributed by atoms with Crippen LogP contribution in [0.3, 0.4) is 0 Å². The Morgan fingerprint density at radius 1 is 0.864 bits per heavy atom. The highest BCUT2D eigenvalue weighted by Crippen LogP contribution is 2.37. The predicted octanol–water partition coefficient (Wildman–Crippen LogP) is 6.53. The number of benzene rings is 3. The van der Waals surface area contributed by atoms with Crippen molar-refractivity contribution in [3.8, 4) is 11.1 Å². The molecule has 1 unspecified atom stereocenters. The van der Waals surface area contributed by atoms with E-state index in [1.807, 2.05) is 24.4 Å². The number of aromatic nitrogens is 5.